The van der Waals surface area contributed by atoms with Gasteiger partial charge in [0, 0.05) is 5.56 Å². The normalized spacial score (nSPS) is 13.7. The Labute approximate surface area is 133 Å². The standard InChI is InChI=1S/C16H12F6O2/c1-24-13-5-3-2-4-12(13)14(23)9-6-10(15(17,18)19)8-11(7-9)16(20,21)22/h2-8,14,23H,1H3. The van der Waals surface area contributed by atoms with Crippen LogP contribution in [0.4, 0.5) is 26.3 Å². The number of ether oxygens (including phenoxy) is 1. The molecule has 0 aliphatic heterocycles. The summed E-state index contributed by atoms with van der Waals surface area (Å²) in [5.41, 5.74) is -3.43. The van der Waals surface area contributed by atoms with Gasteiger partial charge in [0.2, 0.25) is 0 Å². The molecule has 1 unspecified atom stereocenters. The van der Waals surface area contributed by atoms with Crippen molar-refractivity contribution in [2.45, 2.75) is 18.5 Å². The molecular weight excluding hydrogens is 338 g/mol. The zero-order valence-corrected chi connectivity index (χ0v) is 12.2. The van der Waals surface area contributed by atoms with Gasteiger partial charge in [-0.15, -0.1) is 0 Å². The summed E-state index contributed by atoms with van der Waals surface area (Å²) in [6.45, 7) is 0. The Kier molecular flexibility index (Phi) is 4.80. The van der Waals surface area contributed by atoms with Crippen LogP contribution in [-0.4, -0.2) is 12.2 Å². The summed E-state index contributed by atoms with van der Waals surface area (Å²) in [7, 11) is 1.28. The van der Waals surface area contributed by atoms with Crippen molar-refractivity contribution in [3.05, 3.63) is 64.7 Å². The van der Waals surface area contributed by atoms with Gasteiger partial charge in [-0.2, -0.15) is 26.3 Å². The molecule has 0 spiro atoms. The fourth-order valence-corrected chi connectivity index (χ4v) is 2.21. The summed E-state index contributed by atoms with van der Waals surface area (Å²) < 4.78 is 82.2. The summed E-state index contributed by atoms with van der Waals surface area (Å²) in [6.07, 6.45) is -11.7. The van der Waals surface area contributed by atoms with Crippen LogP contribution in [0, 0.1) is 0 Å². The molecule has 2 rings (SSSR count). The molecule has 1 atom stereocenters. The van der Waals surface area contributed by atoms with Crippen LogP contribution >= 0.6 is 0 Å². The molecule has 8 heteroatoms. The molecule has 0 saturated carbocycles. The maximum absolute atomic E-state index is 12.9. The fraction of sp³-hybridized carbons (Fsp3) is 0.250. The predicted molar refractivity (Wildman–Crippen MR) is 73.5 cm³/mol. The van der Waals surface area contributed by atoms with Gasteiger partial charge in [0.15, 0.2) is 0 Å². The molecule has 0 aromatic heterocycles. The van der Waals surface area contributed by atoms with Gasteiger partial charge in [-0.1, -0.05) is 18.2 Å². The zero-order chi connectivity index (χ0) is 18.1. The second kappa shape index (κ2) is 6.35. The van der Waals surface area contributed by atoms with Crippen LogP contribution in [0.2, 0.25) is 0 Å². The van der Waals surface area contributed by atoms with Gasteiger partial charge < -0.3 is 9.84 Å². The Balaban J connectivity index is 2.60. The number of halogens is 6. The smallest absolute Gasteiger partial charge is 0.416 e. The monoisotopic (exact) mass is 350 g/mol. The van der Waals surface area contributed by atoms with Gasteiger partial charge in [-0.25, -0.2) is 0 Å². The lowest BCUT2D eigenvalue weighted by molar-refractivity contribution is -0.143. The van der Waals surface area contributed by atoms with Crippen molar-refractivity contribution in [3.63, 3.8) is 0 Å². The van der Waals surface area contributed by atoms with Gasteiger partial charge >= 0.3 is 12.4 Å². The number of rotatable bonds is 3. The van der Waals surface area contributed by atoms with Crippen molar-refractivity contribution < 1.29 is 36.2 Å². The number of para-hydroxylation sites is 1. The molecular formula is C16H12F6O2. The molecule has 0 amide bonds. The van der Waals surface area contributed by atoms with Crippen LogP contribution in [0.25, 0.3) is 0 Å². The molecule has 0 saturated heterocycles. The highest BCUT2D eigenvalue weighted by Crippen LogP contribution is 2.39. The quantitative estimate of drug-likeness (QED) is 0.805. The first-order chi connectivity index (χ1) is 11.0. The molecule has 0 fully saturated rings. The molecule has 2 aromatic rings. The Morgan fingerprint density at radius 1 is 0.875 bits per heavy atom. The minimum Gasteiger partial charge on any atom is -0.496 e. The molecule has 130 valence electrons. The third-order valence-electron chi connectivity index (χ3n) is 3.36. The van der Waals surface area contributed by atoms with Crippen LogP contribution in [0.1, 0.15) is 28.4 Å². The third-order valence-corrected chi connectivity index (χ3v) is 3.36. The van der Waals surface area contributed by atoms with E-state index in [1.807, 2.05) is 0 Å². The highest BCUT2D eigenvalue weighted by Gasteiger charge is 2.37. The summed E-state index contributed by atoms with van der Waals surface area (Å²) in [6, 6.07) is 6.84. The maximum Gasteiger partial charge on any atom is 0.416 e. The number of hydrogen-bond donors (Lipinski definition) is 1. The first-order valence-electron chi connectivity index (χ1n) is 6.64. The van der Waals surface area contributed by atoms with Crippen molar-refractivity contribution in [2.75, 3.05) is 7.11 Å². The predicted octanol–water partition coefficient (Wildman–Crippen LogP) is 4.81. The SMILES string of the molecule is COc1ccccc1C(O)c1cc(C(F)(F)F)cc(C(F)(F)F)c1. The average molecular weight is 350 g/mol. The lowest BCUT2D eigenvalue weighted by atomic mass is 9.96. The van der Waals surface area contributed by atoms with Crippen LogP contribution < -0.4 is 4.74 Å². The summed E-state index contributed by atoms with van der Waals surface area (Å²) in [5.74, 6) is 0.149. The van der Waals surface area contributed by atoms with Gasteiger partial charge in [0.25, 0.3) is 0 Å². The van der Waals surface area contributed by atoms with Crippen LogP contribution in [0.3, 0.4) is 0 Å². The lowest BCUT2D eigenvalue weighted by Gasteiger charge is -2.19. The molecule has 2 aromatic carbocycles. The molecule has 0 aliphatic carbocycles. The van der Waals surface area contributed by atoms with Crippen molar-refractivity contribution in [2.24, 2.45) is 0 Å². The number of hydrogen-bond acceptors (Lipinski definition) is 2. The van der Waals surface area contributed by atoms with Crippen molar-refractivity contribution in [1.29, 1.82) is 0 Å². The Morgan fingerprint density at radius 3 is 1.83 bits per heavy atom. The summed E-state index contributed by atoms with van der Waals surface area (Å²) in [5, 5.41) is 10.3. The minimum atomic E-state index is -4.98. The highest BCUT2D eigenvalue weighted by atomic mass is 19.4. The number of alkyl halides is 6. The second-order valence-electron chi connectivity index (χ2n) is 4.98. The average Bonchev–Trinajstić information content (AvgIpc) is 2.52. The first-order valence-corrected chi connectivity index (χ1v) is 6.64. The Bertz CT molecular complexity index is 689. The molecule has 0 aliphatic rings. The highest BCUT2D eigenvalue weighted by molar-refractivity contribution is 5.43. The number of benzene rings is 2. The van der Waals surface area contributed by atoms with E-state index in [9.17, 15) is 31.4 Å². The molecule has 1 N–H and O–H groups in total. The van der Waals surface area contributed by atoms with Crippen molar-refractivity contribution in [3.8, 4) is 5.75 Å². The van der Waals surface area contributed by atoms with Crippen molar-refractivity contribution >= 4 is 0 Å². The van der Waals surface area contributed by atoms with Gasteiger partial charge in [-0.3, -0.25) is 0 Å². The van der Waals surface area contributed by atoms with E-state index in [0.717, 1.165) is 0 Å². The number of methoxy groups -OCH3 is 1. The summed E-state index contributed by atoms with van der Waals surface area (Å²) in [4.78, 5) is 0. The molecule has 0 bridgehead atoms. The van der Waals surface area contributed by atoms with Gasteiger partial charge in [-0.05, 0) is 29.8 Å². The van der Waals surface area contributed by atoms with Crippen molar-refractivity contribution in [1.82, 2.24) is 0 Å². The molecule has 2 nitrogen and oxygen atoms in total. The van der Waals surface area contributed by atoms with Crippen LogP contribution in [0.5, 0.6) is 5.75 Å². The van der Waals surface area contributed by atoms with E-state index in [2.05, 4.69) is 0 Å². The molecule has 24 heavy (non-hydrogen) atoms. The van der Waals surface area contributed by atoms with E-state index in [-0.39, 0.29) is 17.4 Å². The van der Waals surface area contributed by atoms with E-state index >= 15 is 0 Å². The summed E-state index contributed by atoms with van der Waals surface area (Å²) >= 11 is 0. The Morgan fingerprint density at radius 2 is 1.38 bits per heavy atom. The largest absolute Gasteiger partial charge is 0.496 e. The number of aliphatic hydroxyl groups is 1. The van der Waals surface area contributed by atoms with Crippen LogP contribution in [-0.2, 0) is 12.4 Å². The maximum atomic E-state index is 12.9. The second-order valence-corrected chi connectivity index (χ2v) is 4.98. The first kappa shape index (κ1) is 18.1. The topological polar surface area (TPSA) is 29.5 Å². The molecule has 0 heterocycles. The number of aliphatic hydroxyl groups excluding tert-OH is 1. The van der Waals surface area contributed by atoms with E-state index in [1.54, 1.807) is 6.07 Å². The Hall–Kier alpha value is -2.22. The molecule has 0 radical (unpaired) electrons. The van der Waals surface area contributed by atoms with Gasteiger partial charge in [0.1, 0.15) is 11.9 Å². The van der Waals surface area contributed by atoms with E-state index < -0.39 is 35.1 Å². The van der Waals surface area contributed by atoms with E-state index in [4.69, 9.17) is 4.74 Å². The lowest BCUT2D eigenvalue weighted by Crippen LogP contribution is -2.13. The third kappa shape index (κ3) is 3.81. The fourth-order valence-electron chi connectivity index (χ4n) is 2.21. The van der Waals surface area contributed by atoms with E-state index in [0.29, 0.717) is 12.1 Å². The van der Waals surface area contributed by atoms with E-state index in [1.165, 1.54) is 25.3 Å². The zero-order valence-electron chi connectivity index (χ0n) is 12.2. The van der Waals surface area contributed by atoms with Crippen LogP contribution in [0.15, 0.2) is 42.5 Å². The minimum absolute atomic E-state index is 0.0123. The van der Waals surface area contributed by atoms with Gasteiger partial charge in [0.05, 0.1) is 18.2 Å².